The number of carbonyl (C=O) groups is 1. The Kier molecular flexibility index (Phi) is 5.53. The number of nitrogens with one attached hydrogen (secondary N) is 2. The molecule has 3 heterocycles. The van der Waals surface area contributed by atoms with Gasteiger partial charge < -0.3 is 9.73 Å². The van der Waals surface area contributed by atoms with Crippen molar-refractivity contribution in [2.75, 3.05) is 5.32 Å². The second-order valence-corrected chi connectivity index (χ2v) is 8.76. The molecule has 2 N–H and O–H groups in total. The third kappa shape index (κ3) is 4.24. The molecule has 0 saturated carbocycles. The number of fused-ring (bicyclic) bond motifs is 1. The molecule has 3 aromatic heterocycles. The zero-order valence-corrected chi connectivity index (χ0v) is 19.4. The monoisotopic (exact) mass is 477 g/mol. The van der Waals surface area contributed by atoms with Crippen molar-refractivity contribution >= 4 is 11.7 Å². The first-order chi connectivity index (χ1) is 17.6. The molecule has 0 saturated heterocycles. The second kappa shape index (κ2) is 9.14. The van der Waals surface area contributed by atoms with E-state index in [1.54, 1.807) is 24.5 Å². The van der Waals surface area contributed by atoms with E-state index in [0.717, 1.165) is 47.2 Å². The molecular weight excluding hydrogens is 454 g/mol. The third-order valence-electron chi connectivity index (χ3n) is 6.31. The minimum absolute atomic E-state index is 0.168. The maximum atomic E-state index is 13.0. The van der Waals surface area contributed by atoms with Crippen LogP contribution >= 0.6 is 0 Å². The molecule has 0 atom stereocenters. The Balaban J connectivity index is 1.27. The van der Waals surface area contributed by atoms with Crippen molar-refractivity contribution in [3.05, 3.63) is 106 Å². The van der Waals surface area contributed by atoms with E-state index in [1.165, 1.54) is 4.68 Å². The molecule has 0 unspecified atom stereocenters. The van der Waals surface area contributed by atoms with Gasteiger partial charge in [-0.05, 0) is 48.1 Å². The summed E-state index contributed by atoms with van der Waals surface area (Å²) in [6.07, 6.45) is 4.12. The van der Waals surface area contributed by atoms with Crippen molar-refractivity contribution in [3.63, 3.8) is 0 Å². The van der Waals surface area contributed by atoms with Gasteiger partial charge in [0.1, 0.15) is 11.5 Å². The van der Waals surface area contributed by atoms with Gasteiger partial charge in [-0.1, -0.05) is 54.6 Å². The van der Waals surface area contributed by atoms with Gasteiger partial charge in [-0.25, -0.2) is 4.98 Å². The number of furan rings is 1. The van der Waals surface area contributed by atoms with Gasteiger partial charge in [0.25, 0.3) is 5.56 Å². The van der Waals surface area contributed by atoms with E-state index in [1.807, 2.05) is 42.5 Å². The number of carbonyl (C=O) groups excluding carboxylic acids is 1. The molecule has 0 spiro atoms. The number of aromatic amines is 1. The molecular formula is C28H23N5O3. The van der Waals surface area contributed by atoms with E-state index < -0.39 is 0 Å². The molecule has 1 aliphatic carbocycles. The molecule has 0 radical (unpaired) electrons. The van der Waals surface area contributed by atoms with Crippen molar-refractivity contribution in [2.45, 2.75) is 25.7 Å². The van der Waals surface area contributed by atoms with Gasteiger partial charge in [0, 0.05) is 11.6 Å². The summed E-state index contributed by atoms with van der Waals surface area (Å²) in [5, 5.41) is 7.50. The normalized spacial score (nSPS) is 12.4. The zero-order valence-electron chi connectivity index (χ0n) is 19.4. The van der Waals surface area contributed by atoms with Crippen molar-refractivity contribution < 1.29 is 9.21 Å². The van der Waals surface area contributed by atoms with Gasteiger partial charge in [-0.2, -0.15) is 9.78 Å². The summed E-state index contributed by atoms with van der Waals surface area (Å²) in [7, 11) is 0. The van der Waals surface area contributed by atoms with Crippen molar-refractivity contribution in [1.29, 1.82) is 0 Å². The highest BCUT2D eigenvalue weighted by Gasteiger charge is 2.21. The average molecular weight is 478 g/mol. The molecule has 8 heteroatoms. The van der Waals surface area contributed by atoms with E-state index in [-0.39, 0.29) is 23.8 Å². The Hall–Kier alpha value is -4.72. The van der Waals surface area contributed by atoms with E-state index in [0.29, 0.717) is 17.3 Å². The summed E-state index contributed by atoms with van der Waals surface area (Å²) in [6, 6.07) is 23.3. The number of hydrogen-bond donors (Lipinski definition) is 2. The lowest BCUT2D eigenvalue weighted by molar-refractivity contribution is -0.115. The number of anilines is 1. The summed E-state index contributed by atoms with van der Waals surface area (Å²) in [5.41, 5.74) is 4.95. The highest BCUT2D eigenvalue weighted by atomic mass is 16.3. The van der Waals surface area contributed by atoms with Crippen LogP contribution in [-0.2, 0) is 24.1 Å². The molecule has 0 fully saturated rings. The van der Waals surface area contributed by atoms with Gasteiger partial charge in [-0.15, -0.1) is 0 Å². The summed E-state index contributed by atoms with van der Waals surface area (Å²) >= 11 is 0. The van der Waals surface area contributed by atoms with Gasteiger partial charge in [-0.3, -0.25) is 14.6 Å². The van der Waals surface area contributed by atoms with Crippen molar-refractivity contribution in [2.24, 2.45) is 0 Å². The molecule has 36 heavy (non-hydrogen) atoms. The summed E-state index contributed by atoms with van der Waals surface area (Å²) in [6.45, 7) is 0. The van der Waals surface area contributed by atoms with Crippen LogP contribution in [0, 0.1) is 0 Å². The van der Waals surface area contributed by atoms with Crippen LogP contribution in [0.4, 0.5) is 5.82 Å². The first kappa shape index (κ1) is 21.8. The molecule has 8 nitrogen and oxygen atoms in total. The topological polar surface area (TPSA) is 106 Å². The Morgan fingerprint density at radius 2 is 1.81 bits per heavy atom. The van der Waals surface area contributed by atoms with Gasteiger partial charge in [0.05, 0.1) is 18.4 Å². The number of H-pyrrole nitrogens is 1. The van der Waals surface area contributed by atoms with Crippen LogP contribution in [0.3, 0.4) is 0 Å². The number of benzene rings is 2. The quantitative estimate of drug-likeness (QED) is 0.373. The highest BCUT2D eigenvalue weighted by Crippen LogP contribution is 2.25. The van der Waals surface area contributed by atoms with Crippen molar-refractivity contribution in [3.8, 4) is 28.5 Å². The Labute approximate surface area is 206 Å². The summed E-state index contributed by atoms with van der Waals surface area (Å²) in [5.74, 6) is 0.997. The minimum Gasteiger partial charge on any atom is -0.463 e. The zero-order chi connectivity index (χ0) is 24.5. The molecule has 5 aromatic rings. The lowest BCUT2D eigenvalue weighted by Crippen LogP contribution is -2.21. The van der Waals surface area contributed by atoms with E-state index in [2.05, 4.69) is 32.5 Å². The molecule has 1 amide bonds. The summed E-state index contributed by atoms with van der Waals surface area (Å²) < 4.78 is 6.94. The van der Waals surface area contributed by atoms with Crippen LogP contribution in [0.2, 0.25) is 0 Å². The van der Waals surface area contributed by atoms with Crippen LogP contribution < -0.4 is 10.9 Å². The second-order valence-electron chi connectivity index (χ2n) is 8.76. The smallest absolute Gasteiger partial charge is 0.255 e. The third-order valence-corrected chi connectivity index (χ3v) is 6.31. The lowest BCUT2D eigenvalue weighted by atomic mass is 10.0. The van der Waals surface area contributed by atoms with Crippen LogP contribution in [-0.4, -0.2) is 25.7 Å². The summed E-state index contributed by atoms with van der Waals surface area (Å²) in [4.78, 5) is 33.1. The molecule has 0 aliphatic heterocycles. The molecule has 178 valence electrons. The van der Waals surface area contributed by atoms with Crippen LogP contribution in [0.5, 0.6) is 0 Å². The van der Waals surface area contributed by atoms with Gasteiger partial charge in [0.2, 0.25) is 11.9 Å². The Morgan fingerprint density at radius 1 is 1.00 bits per heavy atom. The average Bonchev–Trinajstić information content (AvgIpc) is 3.66. The van der Waals surface area contributed by atoms with Crippen molar-refractivity contribution in [1.82, 2.24) is 19.7 Å². The number of aromatic nitrogens is 4. The fourth-order valence-corrected chi connectivity index (χ4v) is 4.52. The Morgan fingerprint density at radius 3 is 2.58 bits per heavy atom. The van der Waals surface area contributed by atoms with E-state index in [4.69, 9.17) is 4.42 Å². The first-order valence-electron chi connectivity index (χ1n) is 11.8. The van der Waals surface area contributed by atoms with E-state index in [9.17, 15) is 9.59 Å². The van der Waals surface area contributed by atoms with Crippen LogP contribution in [0.1, 0.15) is 23.2 Å². The largest absolute Gasteiger partial charge is 0.463 e. The number of nitrogens with zero attached hydrogens (tertiary/aromatic N) is 3. The van der Waals surface area contributed by atoms with Gasteiger partial charge in [0.15, 0.2) is 5.76 Å². The molecule has 6 rings (SSSR count). The van der Waals surface area contributed by atoms with Crippen LogP contribution in [0.15, 0.2) is 88.3 Å². The number of rotatable bonds is 6. The maximum absolute atomic E-state index is 13.0. The predicted molar refractivity (Wildman–Crippen MR) is 136 cm³/mol. The molecule has 2 aromatic carbocycles. The number of hydrogen-bond acceptors (Lipinski definition) is 5. The Bertz CT molecular complexity index is 1580. The fraction of sp³-hybridized carbons (Fsp3) is 0.143. The SMILES string of the molecule is O=C(Cc1ccc(-c2ccccc2)cc1)Nc1cc(-c2ccco2)nn1-c1nc2c(c(=O)[nH]1)CCC2. The van der Waals surface area contributed by atoms with Crippen LogP contribution in [0.25, 0.3) is 28.5 Å². The fourth-order valence-electron chi connectivity index (χ4n) is 4.52. The lowest BCUT2D eigenvalue weighted by Gasteiger charge is -2.09. The first-order valence-corrected chi connectivity index (χ1v) is 11.8. The molecule has 0 bridgehead atoms. The van der Waals surface area contributed by atoms with E-state index >= 15 is 0 Å². The maximum Gasteiger partial charge on any atom is 0.255 e. The highest BCUT2D eigenvalue weighted by molar-refractivity contribution is 5.92. The number of aryl methyl sites for hydroxylation is 1. The van der Waals surface area contributed by atoms with Gasteiger partial charge >= 0.3 is 0 Å². The standard InChI is InChI=1S/C28H23N5O3/c34-26(16-18-11-13-20(14-12-18)19-6-2-1-3-7-19)30-25-17-23(24-10-5-15-36-24)32-33(25)28-29-22-9-4-8-21(22)27(35)31-28/h1-3,5-7,10-15,17H,4,8-9,16H2,(H,30,34)(H,29,31,35). The predicted octanol–water partition coefficient (Wildman–Crippen LogP) is 4.55. The number of amides is 1. The molecule has 1 aliphatic rings. The minimum atomic E-state index is -0.210.